The second-order valence-corrected chi connectivity index (χ2v) is 6.96. The molecule has 4 atom stereocenters. The molecule has 0 bridgehead atoms. The lowest BCUT2D eigenvalue weighted by atomic mass is 9.77. The third-order valence-electron chi connectivity index (χ3n) is 4.24. The summed E-state index contributed by atoms with van der Waals surface area (Å²) in [6.45, 7) is 17.6. The van der Waals surface area contributed by atoms with Crippen LogP contribution >= 0.6 is 0 Å². The summed E-state index contributed by atoms with van der Waals surface area (Å²) in [6.07, 6.45) is 0.889. The summed E-state index contributed by atoms with van der Waals surface area (Å²) in [4.78, 5) is 11.6. The number of nitrogens with one attached hydrogen (secondary N) is 1. The third-order valence-corrected chi connectivity index (χ3v) is 4.24. The molecule has 0 unspecified atom stereocenters. The zero-order valence-electron chi connectivity index (χ0n) is 14.0. The Balaban J connectivity index is 4.17. The van der Waals surface area contributed by atoms with E-state index in [4.69, 9.17) is 4.74 Å². The van der Waals surface area contributed by atoms with Crippen molar-refractivity contribution in [2.45, 2.75) is 67.4 Å². The van der Waals surface area contributed by atoms with Crippen LogP contribution in [0.2, 0.25) is 0 Å². The summed E-state index contributed by atoms with van der Waals surface area (Å²) < 4.78 is 5.25. The minimum atomic E-state index is -0.428. The number of carbonyl (C=O) groups is 1. The molecular weight excluding hydrogens is 238 g/mol. The number of alkyl carbamates (subject to hydrolysis) is 1. The molecule has 114 valence electrons. The van der Waals surface area contributed by atoms with Gasteiger partial charge in [0.05, 0.1) is 0 Å². The van der Waals surface area contributed by atoms with E-state index in [1.165, 1.54) is 6.42 Å². The fourth-order valence-corrected chi connectivity index (χ4v) is 2.15. The summed E-state index contributed by atoms with van der Waals surface area (Å²) in [6, 6.07) is 0. The number of hydrogen-bond acceptors (Lipinski definition) is 2. The van der Waals surface area contributed by atoms with Crippen LogP contribution in [0.5, 0.6) is 0 Å². The first kappa shape index (κ1) is 18.3. The molecule has 3 nitrogen and oxygen atoms in total. The maximum Gasteiger partial charge on any atom is 0.407 e. The molecular formula is C16H33NO2. The van der Waals surface area contributed by atoms with E-state index >= 15 is 0 Å². The van der Waals surface area contributed by atoms with Crippen molar-refractivity contribution in [3.63, 3.8) is 0 Å². The highest BCUT2D eigenvalue weighted by molar-refractivity contribution is 5.67. The van der Waals surface area contributed by atoms with Crippen LogP contribution in [0.4, 0.5) is 4.79 Å². The summed E-state index contributed by atoms with van der Waals surface area (Å²) in [5, 5.41) is 2.87. The Morgan fingerprint density at radius 1 is 1.05 bits per heavy atom. The molecule has 0 aromatic heterocycles. The number of rotatable bonds is 6. The topological polar surface area (TPSA) is 38.3 Å². The van der Waals surface area contributed by atoms with Gasteiger partial charge in [-0.3, -0.25) is 0 Å². The van der Waals surface area contributed by atoms with Gasteiger partial charge in [-0.05, 0) is 44.4 Å². The monoisotopic (exact) mass is 271 g/mol. The van der Waals surface area contributed by atoms with E-state index in [0.29, 0.717) is 24.3 Å². The summed E-state index contributed by atoms with van der Waals surface area (Å²) in [5.74, 6) is 2.43. The van der Waals surface area contributed by atoms with E-state index in [9.17, 15) is 4.79 Å². The van der Waals surface area contributed by atoms with Gasteiger partial charge in [0, 0.05) is 6.54 Å². The number of ether oxygens (including phenoxy) is 1. The molecule has 0 aromatic rings. The van der Waals surface area contributed by atoms with Crippen LogP contribution in [0.25, 0.3) is 0 Å². The lowest BCUT2D eigenvalue weighted by Crippen LogP contribution is -2.37. The molecule has 0 radical (unpaired) electrons. The molecule has 3 heteroatoms. The Labute approximate surface area is 119 Å². The predicted molar refractivity (Wildman–Crippen MR) is 81.2 cm³/mol. The van der Waals surface area contributed by atoms with Crippen LogP contribution in [-0.4, -0.2) is 18.2 Å². The molecule has 0 aliphatic carbocycles. The van der Waals surface area contributed by atoms with Crippen molar-refractivity contribution in [3.05, 3.63) is 0 Å². The Morgan fingerprint density at radius 3 is 1.95 bits per heavy atom. The highest BCUT2D eigenvalue weighted by Gasteiger charge is 2.24. The lowest BCUT2D eigenvalue weighted by molar-refractivity contribution is 0.0510. The molecule has 1 N–H and O–H groups in total. The first-order valence-corrected chi connectivity index (χ1v) is 7.55. The van der Waals surface area contributed by atoms with Gasteiger partial charge in [0.2, 0.25) is 0 Å². The molecule has 0 aliphatic rings. The molecule has 0 aliphatic heterocycles. The first-order chi connectivity index (χ1) is 8.58. The quantitative estimate of drug-likeness (QED) is 0.774. The van der Waals surface area contributed by atoms with Crippen LogP contribution in [0, 0.1) is 23.7 Å². The first-order valence-electron chi connectivity index (χ1n) is 7.55. The lowest BCUT2D eigenvalue weighted by Gasteiger charge is -2.30. The molecule has 0 fully saturated rings. The normalized spacial score (nSPS) is 18.3. The van der Waals surface area contributed by atoms with Gasteiger partial charge in [-0.2, -0.15) is 0 Å². The predicted octanol–water partition coefficient (Wildman–Crippen LogP) is 4.47. The molecule has 0 aromatic carbocycles. The Hall–Kier alpha value is -0.730. The molecule has 0 rings (SSSR count). The SMILES string of the molecule is CC[C@H](C)[C@H](C)[C@@H](C)[C@H](C)CNC(=O)OC(C)(C)C. The van der Waals surface area contributed by atoms with Crippen molar-refractivity contribution in [2.24, 2.45) is 23.7 Å². The van der Waals surface area contributed by atoms with Gasteiger partial charge in [-0.25, -0.2) is 4.79 Å². The third kappa shape index (κ3) is 7.44. The Bertz CT molecular complexity index is 270. The van der Waals surface area contributed by atoms with Crippen LogP contribution < -0.4 is 5.32 Å². The molecule has 0 spiro atoms. The van der Waals surface area contributed by atoms with E-state index in [0.717, 1.165) is 5.92 Å². The molecule has 19 heavy (non-hydrogen) atoms. The van der Waals surface area contributed by atoms with E-state index in [2.05, 4.69) is 39.9 Å². The van der Waals surface area contributed by atoms with Crippen LogP contribution in [0.3, 0.4) is 0 Å². The van der Waals surface area contributed by atoms with Crippen molar-refractivity contribution < 1.29 is 9.53 Å². The van der Waals surface area contributed by atoms with Crippen molar-refractivity contribution >= 4 is 6.09 Å². The zero-order chi connectivity index (χ0) is 15.2. The van der Waals surface area contributed by atoms with Gasteiger partial charge < -0.3 is 10.1 Å². The second-order valence-electron chi connectivity index (χ2n) is 6.96. The van der Waals surface area contributed by atoms with Gasteiger partial charge in [0.15, 0.2) is 0 Å². The minimum absolute atomic E-state index is 0.317. The van der Waals surface area contributed by atoms with Crippen molar-refractivity contribution in [2.75, 3.05) is 6.54 Å². The average Bonchev–Trinajstić information content (AvgIpc) is 2.30. The highest BCUT2D eigenvalue weighted by Crippen LogP contribution is 2.28. The summed E-state index contributed by atoms with van der Waals surface area (Å²) >= 11 is 0. The van der Waals surface area contributed by atoms with E-state index in [1.807, 2.05) is 20.8 Å². The maximum absolute atomic E-state index is 11.6. The number of amides is 1. The molecule has 1 amide bonds. The zero-order valence-corrected chi connectivity index (χ0v) is 14.0. The van der Waals surface area contributed by atoms with Gasteiger partial charge in [0.25, 0.3) is 0 Å². The summed E-state index contributed by atoms with van der Waals surface area (Å²) in [5.41, 5.74) is -0.428. The average molecular weight is 271 g/mol. The standard InChI is InChI=1S/C16H33NO2/c1-9-11(2)13(4)14(5)12(3)10-17-15(18)19-16(6,7)8/h11-14H,9-10H2,1-8H3,(H,17,18)/t11-,12+,13-,14-/m0/s1. The van der Waals surface area contributed by atoms with E-state index < -0.39 is 5.60 Å². The maximum atomic E-state index is 11.6. The molecule has 0 saturated carbocycles. The van der Waals surface area contributed by atoms with Crippen molar-refractivity contribution in [1.29, 1.82) is 0 Å². The fourth-order valence-electron chi connectivity index (χ4n) is 2.15. The number of carbonyl (C=O) groups excluding carboxylic acids is 1. The van der Waals surface area contributed by atoms with Crippen molar-refractivity contribution in [1.82, 2.24) is 5.32 Å². The Morgan fingerprint density at radius 2 is 1.53 bits per heavy atom. The smallest absolute Gasteiger partial charge is 0.407 e. The number of hydrogen-bond donors (Lipinski definition) is 1. The van der Waals surface area contributed by atoms with Crippen LogP contribution in [0.15, 0.2) is 0 Å². The fraction of sp³-hybridized carbons (Fsp3) is 0.938. The second kappa shape index (κ2) is 7.76. The van der Waals surface area contributed by atoms with Crippen molar-refractivity contribution in [3.8, 4) is 0 Å². The van der Waals surface area contributed by atoms with Gasteiger partial charge in [0.1, 0.15) is 5.60 Å². The summed E-state index contributed by atoms with van der Waals surface area (Å²) in [7, 11) is 0. The van der Waals surface area contributed by atoms with Gasteiger partial charge >= 0.3 is 6.09 Å². The Kier molecular flexibility index (Phi) is 7.46. The van der Waals surface area contributed by atoms with Gasteiger partial charge in [-0.15, -0.1) is 0 Å². The molecule has 0 saturated heterocycles. The largest absolute Gasteiger partial charge is 0.444 e. The van der Waals surface area contributed by atoms with Gasteiger partial charge in [-0.1, -0.05) is 41.0 Å². The van der Waals surface area contributed by atoms with E-state index in [1.54, 1.807) is 0 Å². The van der Waals surface area contributed by atoms with E-state index in [-0.39, 0.29) is 6.09 Å². The van der Waals surface area contributed by atoms with Crippen LogP contribution in [0.1, 0.15) is 61.8 Å². The highest BCUT2D eigenvalue weighted by atomic mass is 16.6. The molecule has 0 heterocycles. The minimum Gasteiger partial charge on any atom is -0.444 e. The van der Waals surface area contributed by atoms with Crippen LogP contribution in [-0.2, 0) is 4.74 Å².